The van der Waals surface area contributed by atoms with Gasteiger partial charge in [0.2, 0.25) is 5.91 Å². The lowest BCUT2D eigenvalue weighted by Gasteiger charge is -2.21. The number of rotatable bonds is 3. The minimum absolute atomic E-state index is 0.0489. The number of carbonyl (C=O) groups excluding carboxylic acids is 1. The number of nitrogens with one attached hydrogen (secondary N) is 2. The van der Waals surface area contributed by atoms with Crippen molar-refractivity contribution >= 4 is 22.6 Å². The van der Waals surface area contributed by atoms with Crippen LogP contribution in [0.1, 0.15) is 32.7 Å². The molecule has 6 nitrogen and oxygen atoms in total. The molecule has 2 aromatic heterocycles. The molecule has 0 aliphatic carbocycles. The third kappa shape index (κ3) is 2.90. The summed E-state index contributed by atoms with van der Waals surface area (Å²) in [6.45, 7) is 5.90. The molecule has 3 rings (SSSR count). The van der Waals surface area contributed by atoms with Crippen molar-refractivity contribution in [2.24, 2.45) is 5.92 Å². The summed E-state index contributed by atoms with van der Waals surface area (Å²) in [5.74, 6) is 0.118. The van der Waals surface area contributed by atoms with Crippen molar-refractivity contribution in [3.63, 3.8) is 0 Å². The van der Waals surface area contributed by atoms with E-state index in [4.69, 9.17) is 0 Å². The fourth-order valence-corrected chi connectivity index (χ4v) is 2.71. The van der Waals surface area contributed by atoms with Crippen LogP contribution in [0, 0.1) is 5.92 Å². The van der Waals surface area contributed by atoms with Gasteiger partial charge in [-0.1, -0.05) is 0 Å². The second-order valence-corrected chi connectivity index (χ2v) is 5.85. The van der Waals surface area contributed by atoms with Gasteiger partial charge in [-0.25, -0.2) is 9.67 Å². The Morgan fingerprint density at radius 3 is 3.05 bits per heavy atom. The summed E-state index contributed by atoms with van der Waals surface area (Å²) in [7, 11) is 0. The highest BCUT2D eigenvalue weighted by atomic mass is 16.1. The molecule has 2 aromatic rings. The third-order valence-electron chi connectivity index (χ3n) is 3.86. The van der Waals surface area contributed by atoms with Crippen LogP contribution in [0.3, 0.4) is 0 Å². The van der Waals surface area contributed by atoms with Gasteiger partial charge < -0.3 is 10.6 Å². The van der Waals surface area contributed by atoms with Crippen LogP contribution in [0.25, 0.3) is 11.0 Å². The SMILES string of the molecule is CC(C)n1ncc2cc(NC(=O)[C@@H]3CCCNC3)cnc21. The standard InChI is InChI=1S/C15H21N5O/c1-10(2)20-14-12(8-18-20)6-13(9-17-14)19-15(21)11-4-3-5-16-7-11/h6,8-11,16H,3-5,7H2,1-2H3,(H,19,21)/t11-/m1/s1. The van der Waals surface area contributed by atoms with Crippen molar-refractivity contribution in [2.75, 3.05) is 18.4 Å². The Hall–Kier alpha value is -1.95. The summed E-state index contributed by atoms with van der Waals surface area (Å²) in [5.41, 5.74) is 1.59. The van der Waals surface area contributed by atoms with Crippen molar-refractivity contribution in [3.05, 3.63) is 18.5 Å². The molecule has 0 radical (unpaired) electrons. The zero-order chi connectivity index (χ0) is 14.8. The average Bonchev–Trinajstić information content (AvgIpc) is 2.91. The highest BCUT2D eigenvalue weighted by Gasteiger charge is 2.21. The van der Waals surface area contributed by atoms with Gasteiger partial charge in [0, 0.05) is 18.0 Å². The van der Waals surface area contributed by atoms with Gasteiger partial charge in [0.15, 0.2) is 5.65 Å². The topological polar surface area (TPSA) is 71.8 Å². The average molecular weight is 287 g/mol. The lowest BCUT2D eigenvalue weighted by Crippen LogP contribution is -2.37. The van der Waals surface area contributed by atoms with Gasteiger partial charge >= 0.3 is 0 Å². The second-order valence-electron chi connectivity index (χ2n) is 5.85. The van der Waals surface area contributed by atoms with E-state index in [0.29, 0.717) is 0 Å². The molecule has 0 bridgehead atoms. The van der Waals surface area contributed by atoms with E-state index in [9.17, 15) is 4.79 Å². The molecular formula is C15H21N5O. The van der Waals surface area contributed by atoms with Crippen LogP contribution in [0.4, 0.5) is 5.69 Å². The minimum atomic E-state index is 0.0489. The van der Waals surface area contributed by atoms with Crippen LogP contribution in [-0.2, 0) is 4.79 Å². The van der Waals surface area contributed by atoms with Gasteiger partial charge in [-0.2, -0.15) is 5.10 Å². The number of nitrogens with zero attached hydrogens (tertiary/aromatic N) is 3. The number of piperidine rings is 1. The molecular weight excluding hydrogens is 266 g/mol. The van der Waals surface area contributed by atoms with Crippen molar-refractivity contribution in [1.82, 2.24) is 20.1 Å². The number of fused-ring (bicyclic) bond motifs is 1. The quantitative estimate of drug-likeness (QED) is 0.905. The van der Waals surface area contributed by atoms with Crippen LogP contribution in [0.2, 0.25) is 0 Å². The van der Waals surface area contributed by atoms with Crippen LogP contribution in [0.5, 0.6) is 0 Å². The summed E-state index contributed by atoms with van der Waals surface area (Å²) in [4.78, 5) is 16.6. The van der Waals surface area contributed by atoms with Gasteiger partial charge in [-0.05, 0) is 39.3 Å². The predicted octanol–water partition coefficient (Wildman–Crippen LogP) is 1.95. The third-order valence-corrected chi connectivity index (χ3v) is 3.86. The normalized spacial score (nSPS) is 19.1. The summed E-state index contributed by atoms with van der Waals surface area (Å²) in [6, 6.07) is 2.20. The Balaban J connectivity index is 1.76. The first kappa shape index (κ1) is 14.0. The number of carbonyl (C=O) groups is 1. The van der Waals surface area contributed by atoms with E-state index in [1.165, 1.54) is 0 Å². The van der Waals surface area contributed by atoms with Crippen LogP contribution in [-0.4, -0.2) is 33.8 Å². The Kier molecular flexibility index (Phi) is 3.88. The molecule has 0 spiro atoms. The number of hydrogen-bond donors (Lipinski definition) is 2. The van der Waals surface area contributed by atoms with Crippen LogP contribution >= 0.6 is 0 Å². The number of amides is 1. The van der Waals surface area contributed by atoms with Crippen molar-refractivity contribution in [2.45, 2.75) is 32.7 Å². The Morgan fingerprint density at radius 2 is 2.33 bits per heavy atom. The van der Waals surface area contributed by atoms with Gasteiger partial charge in [0.1, 0.15) is 0 Å². The second kappa shape index (κ2) is 5.81. The summed E-state index contributed by atoms with van der Waals surface area (Å²) < 4.78 is 1.88. The first-order valence-corrected chi connectivity index (χ1v) is 7.50. The maximum absolute atomic E-state index is 12.2. The van der Waals surface area contributed by atoms with Crippen molar-refractivity contribution in [1.29, 1.82) is 0 Å². The molecule has 1 saturated heterocycles. The molecule has 1 aliphatic heterocycles. The lowest BCUT2D eigenvalue weighted by molar-refractivity contribution is -0.120. The fourth-order valence-electron chi connectivity index (χ4n) is 2.71. The van der Waals surface area contributed by atoms with E-state index in [0.717, 1.165) is 42.7 Å². The van der Waals surface area contributed by atoms with Crippen molar-refractivity contribution in [3.8, 4) is 0 Å². The molecule has 6 heteroatoms. The Morgan fingerprint density at radius 1 is 1.48 bits per heavy atom. The van der Waals surface area contributed by atoms with Crippen LogP contribution < -0.4 is 10.6 Å². The van der Waals surface area contributed by atoms with Gasteiger partial charge in [-0.15, -0.1) is 0 Å². The number of hydrogen-bond acceptors (Lipinski definition) is 4. The zero-order valence-corrected chi connectivity index (χ0v) is 12.5. The van der Waals surface area contributed by atoms with E-state index < -0.39 is 0 Å². The molecule has 1 aliphatic rings. The smallest absolute Gasteiger partial charge is 0.228 e. The van der Waals surface area contributed by atoms with Gasteiger partial charge in [0.25, 0.3) is 0 Å². The van der Waals surface area contributed by atoms with E-state index in [1.807, 2.05) is 10.7 Å². The van der Waals surface area contributed by atoms with E-state index >= 15 is 0 Å². The van der Waals surface area contributed by atoms with Gasteiger partial charge in [0.05, 0.1) is 24.0 Å². The summed E-state index contributed by atoms with van der Waals surface area (Å²) in [5, 5.41) is 11.5. The van der Waals surface area contributed by atoms with Crippen LogP contribution in [0.15, 0.2) is 18.5 Å². The number of pyridine rings is 1. The summed E-state index contributed by atoms with van der Waals surface area (Å²) >= 11 is 0. The monoisotopic (exact) mass is 287 g/mol. The first-order valence-electron chi connectivity index (χ1n) is 7.50. The molecule has 1 fully saturated rings. The maximum Gasteiger partial charge on any atom is 0.228 e. The highest BCUT2D eigenvalue weighted by molar-refractivity contribution is 5.94. The lowest BCUT2D eigenvalue weighted by atomic mass is 9.99. The molecule has 1 amide bonds. The highest BCUT2D eigenvalue weighted by Crippen LogP contribution is 2.20. The summed E-state index contributed by atoms with van der Waals surface area (Å²) in [6.07, 6.45) is 5.49. The Labute approximate surface area is 123 Å². The fraction of sp³-hybridized carbons (Fsp3) is 0.533. The molecule has 2 N–H and O–H groups in total. The first-order chi connectivity index (χ1) is 10.1. The largest absolute Gasteiger partial charge is 0.324 e. The predicted molar refractivity (Wildman–Crippen MR) is 82.1 cm³/mol. The molecule has 3 heterocycles. The molecule has 21 heavy (non-hydrogen) atoms. The van der Waals surface area contributed by atoms with Gasteiger partial charge in [-0.3, -0.25) is 4.79 Å². The maximum atomic E-state index is 12.2. The molecule has 112 valence electrons. The van der Waals surface area contributed by atoms with E-state index in [2.05, 4.69) is 34.6 Å². The Bertz CT molecular complexity index is 643. The minimum Gasteiger partial charge on any atom is -0.324 e. The van der Waals surface area contributed by atoms with E-state index in [1.54, 1.807) is 12.4 Å². The molecule has 1 atom stereocenters. The molecule has 0 aromatic carbocycles. The number of anilines is 1. The molecule has 0 unspecified atom stereocenters. The molecule has 0 saturated carbocycles. The van der Waals surface area contributed by atoms with Crippen molar-refractivity contribution < 1.29 is 4.79 Å². The zero-order valence-electron chi connectivity index (χ0n) is 12.5. The number of aromatic nitrogens is 3. The van der Waals surface area contributed by atoms with E-state index in [-0.39, 0.29) is 17.9 Å².